The lowest BCUT2D eigenvalue weighted by atomic mass is 10.0. The number of aromatic carboxylic acids is 1. The van der Waals surface area contributed by atoms with Crippen molar-refractivity contribution >= 4 is 16.9 Å². The fraction of sp³-hybridized carbons (Fsp3) is 0.115. The third-order valence-electron chi connectivity index (χ3n) is 5.17. The van der Waals surface area contributed by atoms with E-state index in [1.807, 2.05) is 56.3 Å². The van der Waals surface area contributed by atoms with Crippen LogP contribution in [-0.4, -0.2) is 35.8 Å². The summed E-state index contributed by atoms with van der Waals surface area (Å²) in [5.74, 6) is -0.976. The number of carboxylic acid groups (broad SMARTS) is 1. The first-order valence-electron chi connectivity index (χ1n) is 10.7. The number of nitrogens with zero attached hydrogens (tertiary/aromatic N) is 5. The molecule has 170 valence electrons. The highest BCUT2D eigenvalue weighted by molar-refractivity contribution is 6.01. The lowest BCUT2D eigenvalue weighted by Crippen LogP contribution is -2.00. The molecule has 0 bridgehead atoms. The summed E-state index contributed by atoms with van der Waals surface area (Å²) in [5.41, 5.74) is 11.4. The molecular formula is C26H24N6O2. The molecule has 0 spiro atoms. The molecule has 34 heavy (non-hydrogen) atoms. The molecule has 0 unspecified atom stereocenters. The van der Waals surface area contributed by atoms with Crippen LogP contribution in [0.2, 0.25) is 0 Å². The third-order valence-corrected chi connectivity index (χ3v) is 5.17. The van der Waals surface area contributed by atoms with E-state index in [4.69, 9.17) is 5.73 Å². The molecule has 3 heterocycles. The number of carboxylic acids is 1. The lowest BCUT2D eigenvalue weighted by molar-refractivity contribution is 0.0697. The number of hydrogen-bond acceptors (Lipinski definition) is 6. The zero-order valence-corrected chi connectivity index (χ0v) is 18.9. The van der Waals surface area contributed by atoms with Crippen molar-refractivity contribution in [1.29, 1.82) is 0 Å². The Morgan fingerprint density at radius 1 is 0.941 bits per heavy atom. The Bertz CT molecular complexity index is 1410. The average molecular weight is 453 g/mol. The quantitative estimate of drug-likeness (QED) is 0.416. The second kappa shape index (κ2) is 10.0. The standard InChI is InChI=1S/C20H15N3O2.C6H9N3/c1-13-7-8-18(21-11-13)16-9-14(20(24)25)10-19-17(16)12-22-23(19)15-5-3-2-4-6-15;1-5-3-9-6(2-7)4-8-5/h2-12H,1H3,(H,24,25);3-4H,2,7H2,1H3. The van der Waals surface area contributed by atoms with Gasteiger partial charge in [0.2, 0.25) is 0 Å². The minimum Gasteiger partial charge on any atom is -0.478 e. The van der Waals surface area contributed by atoms with Gasteiger partial charge < -0.3 is 10.8 Å². The first-order chi connectivity index (χ1) is 16.5. The molecule has 0 atom stereocenters. The fourth-order valence-corrected chi connectivity index (χ4v) is 3.39. The maximum absolute atomic E-state index is 11.6. The number of pyridine rings is 1. The minimum absolute atomic E-state index is 0.211. The van der Waals surface area contributed by atoms with Crippen LogP contribution < -0.4 is 5.73 Å². The SMILES string of the molecule is Cc1ccc(-c2cc(C(=O)O)cc3c2cnn3-c2ccccc2)nc1.Cc1cnc(CN)cn1. The summed E-state index contributed by atoms with van der Waals surface area (Å²) in [6.07, 6.45) is 6.93. The van der Waals surface area contributed by atoms with Gasteiger partial charge in [-0.1, -0.05) is 24.3 Å². The molecule has 0 fully saturated rings. The average Bonchev–Trinajstić information content (AvgIpc) is 3.29. The highest BCUT2D eigenvalue weighted by Gasteiger charge is 2.15. The Balaban J connectivity index is 0.000000257. The molecule has 2 aromatic carbocycles. The molecule has 5 rings (SSSR count). The largest absolute Gasteiger partial charge is 0.478 e. The molecule has 0 saturated heterocycles. The summed E-state index contributed by atoms with van der Waals surface area (Å²) in [6, 6.07) is 16.8. The molecule has 8 heteroatoms. The number of fused-ring (bicyclic) bond motifs is 1. The number of aromatic nitrogens is 5. The van der Waals surface area contributed by atoms with E-state index in [0.29, 0.717) is 6.54 Å². The molecule has 0 saturated carbocycles. The van der Waals surface area contributed by atoms with Crippen molar-refractivity contribution in [2.24, 2.45) is 5.73 Å². The van der Waals surface area contributed by atoms with E-state index in [0.717, 1.165) is 44.8 Å². The molecule has 3 N–H and O–H groups in total. The third kappa shape index (κ3) is 4.97. The number of benzene rings is 2. The highest BCUT2D eigenvalue weighted by Crippen LogP contribution is 2.30. The lowest BCUT2D eigenvalue weighted by Gasteiger charge is -2.08. The maximum atomic E-state index is 11.6. The van der Waals surface area contributed by atoms with Crippen molar-refractivity contribution in [3.05, 3.63) is 102 Å². The Labute approximate surface area is 196 Å². The van der Waals surface area contributed by atoms with Crippen molar-refractivity contribution in [2.75, 3.05) is 0 Å². The molecule has 8 nitrogen and oxygen atoms in total. The number of aryl methyl sites for hydroxylation is 2. The maximum Gasteiger partial charge on any atom is 0.335 e. The van der Waals surface area contributed by atoms with Crippen LogP contribution in [-0.2, 0) is 6.54 Å². The molecule has 0 aliphatic carbocycles. The molecular weight excluding hydrogens is 428 g/mol. The van der Waals surface area contributed by atoms with E-state index < -0.39 is 5.97 Å². The Morgan fingerprint density at radius 2 is 1.74 bits per heavy atom. The number of para-hydroxylation sites is 1. The van der Waals surface area contributed by atoms with Gasteiger partial charge in [-0.25, -0.2) is 9.48 Å². The second-order valence-corrected chi connectivity index (χ2v) is 7.73. The minimum atomic E-state index is -0.976. The van der Waals surface area contributed by atoms with Crippen LogP contribution in [0.1, 0.15) is 27.3 Å². The highest BCUT2D eigenvalue weighted by atomic mass is 16.4. The number of nitrogens with two attached hydrogens (primary N) is 1. The number of hydrogen-bond donors (Lipinski definition) is 2. The Kier molecular flexibility index (Phi) is 6.70. The van der Waals surface area contributed by atoms with Crippen LogP contribution in [0.3, 0.4) is 0 Å². The Morgan fingerprint density at radius 3 is 2.35 bits per heavy atom. The van der Waals surface area contributed by atoms with Crippen molar-refractivity contribution in [3.63, 3.8) is 0 Å². The van der Waals surface area contributed by atoms with Gasteiger partial charge in [-0.05, 0) is 49.7 Å². The van der Waals surface area contributed by atoms with Gasteiger partial charge in [-0.3, -0.25) is 15.0 Å². The second-order valence-electron chi connectivity index (χ2n) is 7.73. The zero-order valence-electron chi connectivity index (χ0n) is 18.9. The van der Waals surface area contributed by atoms with E-state index in [9.17, 15) is 9.90 Å². The van der Waals surface area contributed by atoms with Gasteiger partial charge in [0.15, 0.2) is 0 Å². The molecule has 3 aromatic heterocycles. The van der Waals surface area contributed by atoms with Crippen LogP contribution in [0, 0.1) is 13.8 Å². The van der Waals surface area contributed by atoms with Gasteiger partial charge in [0, 0.05) is 36.1 Å². The van der Waals surface area contributed by atoms with E-state index in [2.05, 4.69) is 20.1 Å². The van der Waals surface area contributed by atoms with Crippen molar-refractivity contribution in [3.8, 4) is 16.9 Å². The van der Waals surface area contributed by atoms with Gasteiger partial charge in [0.25, 0.3) is 0 Å². The summed E-state index contributed by atoms with van der Waals surface area (Å²) < 4.78 is 1.75. The first-order valence-corrected chi connectivity index (χ1v) is 10.7. The van der Waals surface area contributed by atoms with Gasteiger partial charge in [0.05, 0.1) is 40.0 Å². The van der Waals surface area contributed by atoms with Crippen molar-refractivity contribution in [2.45, 2.75) is 20.4 Å². The normalized spacial score (nSPS) is 10.6. The van der Waals surface area contributed by atoms with Crippen molar-refractivity contribution < 1.29 is 9.90 Å². The first kappa shape index (κ1) is 22.8. The predicted octanol–water partition coefficient (Wildman–Crippen LogP) is 4.34. The van der Waals surface area contributed by atoms with Crippen LogP contribution >= 0.6 is 0 Å². The van der Waals surface area contributed by atoms with E-state index in [1.54, 1.807) is 41.6 Å². The van der Waals surface area contributed by atoms with Gasteiger partial charge in [-0.15, -0.1) is 0 Å². The van der Waals surface area contributed by atoms with Crippen LogP contribution in [0.5, 0.6) is 0 Å². The fourth-order valence-electron chi connectivity index (χ4n) is 3.39. The summed E-state index contributed by atoms with van der Waals surface area (Å²) in [5, 5.41) is 14.8. The summed E-state index contributed by atoms with van der Waals surface area (Å²) >= 11 is 0. The summed E-state index contributed by atoms with van der Waals surface area (Å²) in [4.78, 5) is 24.1. The van der Waals surface area contributed by atoms with Crippen LogP contribution in [0.4, 0.5) is 0 Å². The topological polar surface area (TPSA) is 120 Å². The zero-order chi connectivity index (χ0) is 24.1. The van der Waals surface area contributed by atoms with Crippen LogP contribution in [0.15, 0.2) is 79.4 Å². The summed E-state index contributed by atoms with van der Waals surface area (Å²) in [7, 11) is 0. The molecule has 0 radical (unpaired) electrons. The molecule has 0 aliphatic heterocycles. The number of carbonyl (C=O) groups is 1. The predicted molar refractivity (Wildman–Crippen MR) is 131 cm³/mol. The van der Waals surface area contributed by atoms with Gasteiger partial charge >= 0.3 is 5.97 Å². The van der Waals surface area contributed by atoms with E-state index >= 15 is 0 Å². The monoisotopic (exact) mass is 452 g/mol. The van der Waals surface area contributed by atoms with E-state index in [1.165, 1.54) is 0 Å². The van der Waals surface area contributed by atoms with E-state index in [-0.39, 0.29) is 5.56 Å². The smallest absolute Gasteiger partial charge is 0.335 e. The van der Waals surface area contributed by atoms with Crippen LogP contribution in [0.25, 0.3) is 27.8 Å². The molecule has 0 aliphatic rings. The van der Waals surface area contributed by atoms with Crippen molar-refractivity contribution in [1.82, 2.24) is 24.7 Å². The number of rotatable bonds is 4. The molecule has 5 aromatic rings. The Hall–Kier alpha value is -4.43. The van der Waals surface area contributed by atoms with Gasteiger partial charge in [0.1, 0.15) is 0 Å². The van der Waals surface area contributed by atoms with Gasteiger partial charge in [-0.2, -0.15) is 5.10 Å². The summed E-state index contributed by atoms with van der Waals surface area (Å²) in [6.45, 7) is 4.33. The molecule has 0 amide bonds.